The number of carbonyl (C=O) groups excluding carboxylic acids is 1. The van der Waals surface area contributed by atoms with Crippen molar-refractivity contribution in [2.45, 2.75) is 70.2 Å². The lowest BCUT2D eigenvalue weighted by Gasteiger charge is -2.67. The third-order valence-electron chi connectivity index (χ3n) is 4.60. The second kappa shape index (κ2) is 3.16. The fourth-order valence-electron chi connectivity index (χ4n) is 3.93. The van der Waals surface area contributed by atoms with Gasteiger partial charge in [-0.2, -0.15) is 0 Å². The summed E-state index contributed by atoms with van der Waals surface area (Å²) in [5.41, 5.74) is -0.188. The average molecular weight is 239 g/mol. The maximum Gasteiger partial charge on any atom is 0.410 e. The molecule has 3 fully saturated rings. The number of nitrogens with zero attached hydrogens (tertiary/aromatic N) is 1. The van der Waals surface area contributed by atoms with E-state index in [0.717, 1.165) is 19.3 Å². The van der Waals surface area contributed by atoms with Crippen LogP contribution in [-0.2, 0) is 4.74 Å². The lowest BCUT2D eigenvalue weighted by atomic mass is 9.53. The van der Waals surface area contributed by atoms with Crippen molar-refractivity contribution in [3.63, 3.8) is 0 Å². The molecule has 0 radical (unpaired) electrons. The molecule has 0 aromatic heterocycles. The molecule has 0 aromatic carbocycles. The Morgan fingerprint density at radius 2 is 2.12 bits per heavy atom. The van der Waals surface area contributed by atoms with Crippen molar-refractivity contribution in [3.8, 4) is 0 Å². The smallest absolute Gasteiger partial charge is 0.410 e. The number of ether oxygens (including phenoxy) is 1. The molecule has 3 rings (SSSR count). The summed E-state index contributed by atoms with van der Waals surface area (Å²) in [6, 6.07) is 0.561. The quantitative estimate of drug-likeness (QED) is 0.702. The molecule has 4 unspecified atom stereocenters. The zero-order valence-corrected chi connectivity index (χ0v) is 10.8. The molecule has 17 heavy (non-hydrogen) atoms. The van der Waals surface area contributed by atoms with Crippen molar-refractivity contribution < 1.29 is 14.6 Å². The molecule has 0 bridgehead atoms. The predicted octanol–water partition coefficient (Wildman–Crippen LogP) is 1.91. The van der Waals surface area contributed by atoms with Crippen LogP contribution in [0.2, 0.25) is 0 Å². The predicted molar refractivity (Wildman–Crippen MR) is 62.6 cm³/mol. The first-order valence-corrected chi connectivity index (χ1v) is 6.53. The van der Waals surface area contributed by atoms with Gasteiger partial charge in [-0.15, -0.1) is 0 Å². The monoisotopic (exact) mass is 239 g/mol. The number of amides is 1. The first-order chi connectivity index (χ1) is 7.83. The van der Waals surface area contributed by atoms with Gasteiger partial charge in [-0.05, 0) is 46.5 Å². The standard InChI is InChI=1S/C13H21NO3/c1-12(2,3)17-11(16)14-9-4-5-13(9)7-8(15)6-10(13)14/h8-10,15H,4-7H2,1-3H3. The van der Waals surface area contributed by atoms with Crippen LogP contribution in [0.15, 0.2) is 0 Å². The van der Waals surface area contributed by atoms with Crippen LogP contribution >= 0.6 is 0 Å². The van der Waals surface area contributed by atoms with Crippen LogP contribution in [0.25, 0.3) is 0 Å². The van der Waals surface area contributed by atoms with Gasteiger partial charge in [-0.25, -0.2) is 4.79 Å². The first kappa shape index (κ1) is 11.3. The molecule has 1 aliphatic heterocycles. The van der Waals surface area contributed by atoms with Crippen LogP contribution in [0, 0.1) is 5.41 Å². The highest BCUT2D eigenvalue weighted by atomic mass is 16.6. The van der Waals surface area contributed by atoms with E-state index in [0.29, 0.717) is 6.04 Å². The van der Waals surface area contributed by atoms with E-state index in [9.17, 15) is 9.90 Å². The van der Waals surface area contributed by atoms with E-state index in [1.807, 2.05) is 25.7 Å². The third kappa shape index (κ3) is 1.43. The van der Waals surface area contributed by atoms with Crippen LogP contribution in [-0.4, -0.2) is 39.9 Å². The van der Waals surface area contributed by atoms with Crippen molar-refractivity contribution in [2.75, 3.05) is 0 Å². The van der Waals surface area contributed by atoms with Crippen LogP contribution in [0.1, 0.15) is 46.5 Å². The van der Waals surface area contributed by atoms with Gasteiger partial charge < -0.3 is 14.7 Å². The molecular formula is C13H21NO3. The van der Waals surface area contributed by atoms with Crippen LogP contribution in [0.3, 0.4) is 0 Å². The zero-order valence-electron chi connectivity index (χ0n) is 10.8. The van der Waals surface area contributed by atoms with Gasteiger partial charge in [0.25, 0.3) is 0 Å². The molecule has 1 saturated heterocycles. The molecule has 4 atom stereocenters. The van der Waals surface area contributed by atoms with E-state index in [1.54, 1.807) is 0 Å². The molecule has 1 heterocycles. The topological polar surface area (TPSA) is 49.8 Å². The van der Waals surface area contributed by atoms with Gasteiger partial charge in [-0.1, -0.05) is 0 Å². The Bertz CT molecular complexity index is 362. The van der Waals surface area contributed by atoms with E-state index < -0.39 is 5.60 Å². The minimum absolute atomic E-state index is 0.197. The molecular weight excluding hydrogens is 218 g/mol. The molecule has 96 valence electrons. The molecule has 2 saturated carbocycles. The van der Waals surface area contributed by atoms with Crippen LogP contribution in [0.5, 0.6) is 0 Å². The summed E-state index contributed by atoms with van der Waals surface area (Å²) in [7, 11) is 0. The zero-order chi connectivity index (χ0) is 12.4. The second-order valence-corrected chi connectivity index (χ2v) is 6.78. The number of likely N-dealkylation sites (tertiary alicyclic amines) is 1. The van der Waals surface area contributed by atoms with Gasteiger partial charge in [0.2, 0.25) is 0 Å². The number of aliphatic hydroxyl groups is 1. The molecule has 1 N–H and O–H groups in total. The van der Waals surface area contributed by atoms with E-state index in [1.165, 1.54) is 6.42 Å². The Labute approximate surface area is 102 Å². The minimum atomic E-state index is -0.434. The maximum atomic E-state index is 12.1. The molecule has 1 spiro atoms. The minimum Gasteiger partial charge on any atom is -0.444 e. The van der Waals surface area contributed by atoms with Gasteiger partial charge in [-0.3, -0.25) is 0 Å². The van der Waals surface area contributed by atoms with Crippen LogP contribution < -0.4 is 0 Å². The number of hydrogen-bond donors (Lipinski definition) is 1. The van der Waals surface area contributed by atoms with Crippen molar-refractivity contribution in [1.82, 2.24) is 4.90 Å². The second-order valence-electron chi connectivity index (χ2n) is 6.78. The maximum absolute atomic E-state index is 12.1. The SMILES string of the molecule is CC(C)(C)OC(=O)N1C2CCC23CC(O)CC13. The molecule has 4 nitrogen and oxygen atoms in total. The fourth-order valence-corrected chi connectivity index (χ4v) is 3.93. The number of rotatable bonds is 0. The van der Waals surface area contributed by atoms with Gasteiger partial charge in [0, 0.05) is 17.5 Å². The number of hydrogen-bond acceptors (Lipinski definition) is 3. The van der Waals surface area contributed by atoms with E-state index >= 15 is 0 Å². The average Bonchev–Trinajstić information content (AvgIpc) is 2.47. The normalized spacial score (nSPS) is 43.3. The van der Waals surface area contributed by atoms with E-state index in [4.69, 9.17) is 4.74 Å². The molecule has 2 aliphatic carbocycles. The Hall–Kier alpha value is -0.770. The van der Waals surface area contributed by atoms with Gasteiger partial charge in [0.1, 0.15) is 5.60 Å². The fraction of sp³-hybridized carbons (Fsp3) is 0.923. The molecule has 3 aliphatic rings. The summed E-state index contributed by atoms with van der Waals surface area (Å²) >= 11 is 0. The van der Waals surface area contributed by atoms with Crippen molar-refractivity contribution in [1.29, 1.82) is 0 Å². The van der Waals surface area contributed by atoms with Gasteiger partial charge in [0.05, 0.1) is 6.10 Å². The number of carbonyl (C=O) groups is 1. The van der Waals surface area contributed by atoms with Crippen molar-refractivity contribution in [3.05, 3.63) is 0 Å². The van der Waals surface area contributed by atoms with Gasteiger partial charge >= 0.3 is 6.09 Å². The highest BCUT2D eigenvalue weighted by Gasteiger charge is 2.71. The summed E-state index contributed by atoms with van der Waals surface area (Å²) in [6.07, 6.45) is 3.42. The summed E-state index contributed by atoms with van der Waals surface area (Å²) in [4.78, 5) is 14.0. The first-order valence-electron chi connectivity index (χ1n) is 6.53. The Morgan fingerprint density at radius 1 is 1.41 bits per heavy atom. The Kier molecular flexibility index (Phi) is 2.11. The van der Waals surface area contributed by atoms with Crippen molar-refractivity contribution in [2.24, 2.45) is 5.41 Å². The lowest BCUT2D eigenvalue weighted by molar-refractivity contribution is -0.175. The molecule has 4 heteroatoms. The van der Waals surface area contributed by atoms with Crippen molar-refractivity contribution >= 4 is 6.09 Å². The highest BCUT2D eigenvalue weighted by Crippen LogP contribution is 2.65. The molecule has 1 amide bonds. The van der Waals surface area contributed by atoms with E-state index in [-0.39, 0.29) is 23.7 Å². The Morgan fingerprint density at radius 3 is 2.65 bits per heavy atom. The van der Waals surface area contributed by atoms with Crippen LogP contribution in [0.4, 0.5) is 4.79 Å². The summed E-state index contributed by atoms with van der Waals surface area (Å²) in [5.74, 6) is 0. The summed E-state index contributed by atoms with van der Waals surface area (Å²) < 4.78 is 5.44. The highest BCUT2D eigenvalue weighted by molar-refractivity contribution is 5.71. The van der Waals surface area contributed by atoms with E-state index in [2.05, 4.69) is 0 Å². The lowest BCUT2D eigenvalue weighted by Crippen LogP contribution is -2.76. The molecule has 0 aromatic rings. The summed E-state index contributed by atoms with van der Waals surface area (Å²) in [5, 5.41) is 9.78. The third-order valence-corrected chi connectivity index (χ3v) is 4.60. The largest absolute Gasteiger partial charge is 0.444 e. The Balaban J connectivity index is 1.72. The number of aliphatic hydroxyl groups excluding tert-OH is 1. The van der Waals surface area contributed by atoms with Gasteiger partial charge in [0.15, 0.2) is 0 Å². The summed E-state index contributed by atoms with van der Waals surface area (Å²) in [6.45, 7) is 5.67. The number of piperidine rings is 1.